The van der Waals surface area contributed by atoms with Gasteiger partial charge in [-0.15, -0.1) is 0 Å². The van der Waals surface area contributed by atoms with Gasteiger partial charge in [-0.3, -0.25) is 9.59 Å². The van der Waals surface area contributed by atoms with Crippen molar-refractivity contribution in [2.24, 2.45) is 23.7 Å². The fourth-order valence-electron chi connectivity index (χ4n) is 4.11. The molecule has 0 aromatic carbocycles. The monoisotopic (exact) mass is 310 g/mol. The Balaban J connectivity index is 1.63. The van der Waals surface area contributed by atoms with Crippen LogP contribution in [-0.4, -0.2) is 37.4 Å². The van der Waals surface area contributed by atoms with Gasteiger partial charge in [-0.1, -0.05) is 26.7 Å². The van der Waals surface area contributed by atoms with Crippen molar-refractivity contribution in [3.8, 4) is 0 Å². The number of hydrogen-bond donors (Lipinski definition) is 0. The fourth-order valence-corrected chi connectivity index (χ4v) is 4.11. The van der Waals surface area contributed by atoms with Crippen LogP contribution < -0.4 is 0 Å². The van der Waals surface area contributed by atoms with E-state index in [2.05, 4.69) is 13.8 Å². The molecule has 22 heavy (non-hydrogen) atoms. The molecule has 0 N–H and O–H groups in total. The summed E-state index contributed by atoms with van der Waals surface area (Å²) in [4.78, 5) is 24.9. The second kappa shape index (κ2) is 6.57. The Labute approximate surface area is 131 Å². The normalized spacial score (nSPS) is 37.7. The third kappa shape index (κ3) is 2.75. The van der Waals surface area contributed by atoms with Crippen LogP contribution in [0.1, 0.15) is 46.0 Å². The lowest BCUT2D eigenvalue weighted by molar-refractivity contribution is -0.163. The molecule has 0 aromatic heterocycles. The predicted octanol–water partition coefficient (Wildman–Crippen LogP) is 2.32. The molecule has 1 aliphatic heterocycles. The van der Waals surface area contributed by atoms with E-state index in [1.807, 2.05) is 0 Å². The van der Waals surface area contributed by atoms with E-state index in [0.29, 0.717) is 13.2 Å². The van der Waals surface area contributed by atoms with E-state index in [9.17, 15) is 9.59 Å². The summed E-state index contributed by atoms with van der Waals surface area (Å²) in [5.41, 5.74) is 0. The molecule has 2 aliphatic carbocycles. The maximum absolute atomic E-state index is 12.4. The third-order valence-corrected chi connectivity index (χ3v) is 5.29. The summed E-state index contributed by atoms with van der Waals surface area (Å²) in [6.07, 6.45) is 4.94. The van der Waals surface area contributed by atoms with Crippen LogP contribution >= 0.6 is 0 Å². The first-order chi connectivity index (χ1) is 10.7. The van der Waals surface area contributed by atoms with Gasteiger partial charge in [-0.25, -0.2) is 0 Å². The zero-order chi connectivity index (χ0) is 15.7. The summed E-state index contributed by atoms with van der Waals surface area (Å²) in [5.74, 6) is -0.889. The maximum Gasteiger partial charge on any atom is 0.310 e. The number of rotatable bonds is 8. The average molecular weight is 310 g/mol. The van der Waals surface area contributed by atoms with Crippen LogP contribution in [0.2, 0.25) is 0 Å². The number of fused-ring (bicyclic) bond motifs is 5. The van der Waals surface area contributed by atoms with Gasteiger partial charge in [0.1, 0.15) is 0 Å². The molecule has 3 fully saturated rings. The molecule has 0 spiro atoms. The number of hydrogen-bond acceptors (Lipinski definition) is 5. The summed E-state index contributed by atoms with van der Waals surface area (Å²) in [6.45, 7) is 5.00. The summed E-state index contributed by atoms with van der Waals surface area (Å²) in [5, 5.41) is 0. The minimum atomic E-state index is -0.361. The van der Waals surface area contributed by atoms with Crippen LogP contribution in [0.4, 0.5) is 0 Å². The van der Waals surface area contributed by atoms with Crippen LogP contribution in [0.25, 0.3) is 0 Å². The Morgan fingerprint density at radius 1 is 0.909 bits per heavy atom. The second-order valence-electron chi connectivity index (χ2n) is 6.72. The van der Waals surface area contributed by atoms with Gasteiger partial charge in [-0.05, 0) is 19.3 Å². The topological polar surface area (TPSA) is 65.1 Å². The van der Waals surface area contributed by atoms with Crippen molar-refractivity contribution in [2.75, 3.05) is 13.2 Å². The van der Waals surface area contributed by atoms with Gasteiger partial charge < -0.3 is 14.2 Å². The minimum absolute atomic E-state index is 0.146. The van der Waals surface area contributed by atoms with E-state index < -0.39 is 0 Å². The molecule has 124 valence electrons. The fraction of sp³-hybridized carbons (Fsp3) is 0.882. The number of unbranched alkanes of at least 4 members (excludes halogenated alkanes) is 2. The molecule has 6 unspecified atom stereocenters. The Kier molecular flexibility index (Phi) is 4.71. The SMILES string of the molecule is CCCCOC(=O)C1C2CC(C3OC23)C1C(=O)OCCCC. The van der Waals surface area contributed by atoms with Gasteiger partial charge in [-0.2, -0.15) is 0 Å². The van der Waals surface area contributed by atoms with Crippen molar-refractivity contribution in [1.29, 1.82) is 0 Å². The number of ether oxygens (including phenoxy) is 3. The smallest absolute Gasteiger partial charge is 0.310 e. The molecule has 1 saturated heterocycles. The minimum Gasteiger partial charge on any atom is -0.465 e. The quantitative estimate of drug-likeness (QED) is 0.391. The first-order valence-corrected chi connectivity index (χ1v) is 8.67. The third-order valence-electron chi connectivity index (χ3n) is 5.29. The molecular weight excluding hydrogens is 284 g/mol. The number of esters is 2. The van der Waals surface area contributed by atoms with Gasteiger partial charge in [0.05, 0.1) is 37.3 Å². The number of epoxide rings is 1. The summed E-state index contributed by atoms with van der Waals surface area (Å²) < 4.78 is 16.4. The van der Waals surface area contributed by atoms with Gasteiger partial charge in [0, 0.05) is 11.8 Å². The maximum atomic E-state index is 12.4. The van der Waals surface area contributed by atoms with Gasteiger partial charge in [0.2, 0.25) is 0 Å². The van der Waals surface area contributed by atoms with Crippen molar-refractivity contribution in [1.82, 2.24) is 0 Å². The first-order valence-electron chi connectivity index (χ1n) is 8.67. The molecule has 3 aliphatic rings. The van der Waals surface area contributed by atoms with Crippen molar-refractivity contribution >= 4 is 11.9 Å². The zero-order valence-electron chi connectivity index (χ0n) is 13.5. The van der Waals surface area contributed by atoms with Gasteiger partial charge in [0.25, 0.3) is 0 Å². The summed E-state index contributed by atoms with van der Waals surface area (Å²) >= 11 is 0. The van der Waals surface area contributed by atoms with Crippen molar-refractivity contribution < 1.29 is 23.8 Å². The highest BCUT2D eigenvalue weighted by atomic mass is 16.6. The summed E-state index contributed by atoms with van der Waals surface area (Å²) in [6, 6.07) is 0. The van der Waals surface area contributed by atoms with Gasteiger partial charge >= 0.3 is 11.9 Å². The molecule has 6 atom stereocenters. The molecule has 0 aromatic rings. The molecule has 2 saturated carbocycles. The van der Waals surface area contributed by atoms with E-state index in [4.69, 9.17) is 14.2 Å². The highest BCUT2D eigenvalue weighted by Gasteiger charge is 2.71. The molecule has 5 nitrogen and oxygen atoms in total. The van der Waals surface area contributed by atoms with Crippen molar-refractivity contribution in [2.45, 2.75) is 58.2 Å². The van der Waals surface area contributed by atoms with Crippen LogP contribution in [0, 0.1) is 23.7 Å². The molecular formula is C17H26O5. The van der Waals surface area contributed by atoms with Crippen molar-refractivity contribution in [3.05, 3.63) is 0 Å². The Hall–Kier alpha value is -1.10. The molecule has 0 amide bonds. The van der Waals surface area contributed by atoms with E-state index >= 15 is 0 Å². The van der Waals surface area contributed by atoms with E-state index in [1.54, 1.807) is 0 Å². The molecule has 1 heterocycles. The highest BCUT2D eigenvalue weighted by Crippen LogP contribution is 2.62. The Morgan fingerprint density at radius 2 is 1.36 bits per heavy atom. The number of carbonyl (C=O) groups excluding carboxylic acids is 2. The average Bonchev–Trinajstić information content (AvgIpc) is 3.12. The van der Waals surface area contributed by atoms with E-state index in [-0.39, 0.29) is 47.8 Å². The largest absolute Gasteiger partial charge is 0.465 e. The van der Waals surface area contributed by atoms with Crippen LogP contribution in [-0.2, 0) is 23.8 Å². The lowest BCUT2D eigenvalue weighted by Crippen LogP contribution is -2.40. The van der Waals surface area contributed by atoms with Crippen molar-refractivity contribution in [3.63, 3.8) is 0 Å². The molecule has 3 rings (SSSR count). The predicted molar refractivity (Wildman–Crippen MR) is 79.0 cm³/mol. The van der Waals surface area contributed by atoms with Crippen LogP contribution in [0.15, 0.2) is 0 Å². The van der Waals surface area contributed by atoms with Crippen LogP contribution in [0.3, 0.4) is 0 Å². The van der Waals surface area contributed by atoms with Crippen LogP contribution in [0.5, 0.6) is 0 Å². The lowest BCUT2D eigenvalue weighted by atomic mass is 9.79. The second-order valence-corrected chi connectivity index (χ2v) is 6.72. The highest BCUT2D eigenvalue weighted by molar-refractivity contribution is 5.84. The first kappa shape index (κ1) is 15.8. The van der Waals surface area contributed by atoms with E-state index in [0.717, 1.165) is 32.1 Å². The zero-order valence-corrected chi connectivity index (χ0v) is 13.5. The molecule has 0 radical (unpaired) electrons. The molecule has 2 bridgehead atoms. The Morgan fingerprint density at radius 3 is 1.77 bits per heavy atom. The summed E-state index contributed by atoms with van der Waals surface area (Å²) in [7, 11) is 0. The number of carbonyl (C=O) groups is 2. The van der Waals surface area contributed by atoms with E-state index in [1.165, 1.54) is 0 Å². The van der Waals surface area contributed by atoms with Gasteiger partial charge in [0.15, 0.2) is 0 Å². The lowest BCUT2D eigenvalue weighted by Gasteiger charge is -2.25. The standard InChI is InChI=1S/C17H26O5/c1-3-5-7-20-16(18)12-10-9-11(15-14(10)22-15)13(12)17(19)21-8-6-4-2/h10-15H,3-9H2,1-2H3. The molecule has 5 heteroatoms. The Bertz CT molecular complexity index is 397.